The van der Waals surface area contributed by atoms with Crippen molar-refractivity contribution in [1.29, 1.82) is 0 Å². The summed E-state index contributed by atoms with van der Waals surface area (Å²) in [6.07, 6.45) is 3.44. The van der Waals surface area contributed by atoms with Crippen LogP contribution in [0.15, 0.2) is 54.6 Å². The number of amides is 1. The van der Waals surface area contributed by atoms with Gasteiger partial charge in [-0.1, -0.05) is 42.5 Å². The van der Waals surface area contributed by atoms with Gasteiger partial charge in [-0.3, -0.25) is 9.69 Å². The molecule has 0 aromatic heterocycles. The normalized spacial score (nSPS) is 14.1. The SMILES string of the molecule is O=C(CSCc1ccccc1)NCCCOc1cccc(CN2CCCC2)c1. The highest BCUT2D eigenvalue weighted by Crippen LogP contribution is 2.17. The Bertz CT molecular complexity index is 718. The smallest absolute Gasteiger partial charge is 0.230 e. The van der Waals surface area contributed by atoms with Crippen LogP contribution in [0.1, 0.15) is 30.4 Å². The molecule has 3 rings (SSSR count). The van der Waals surface area contributed by atoms with Crippen molar-refractivity contribution in [3.63, 3.8) is 0 Å². The first-order valence-corrected chi connectivity index (χ1v) is 11.3. The third-order valence-corrected chi connectivity index (χ3v) is 5.76. The molecule has 1 fully saturated rings. The summed E-state index contributed by atoms with van der Waals surface area (Å²) in [5.74, 6) is 2.37. The summed E-state index contributed by atoms with van der Waals surface area (Å²) in [5, 5.41) is 2.97. The highest BCUT2D eigenvalue weighted by atomic mass is 32.2. The van der Waals surface area contributed by atoms with Gasteiger partial charge in [0, 0.05) is 18.8 Å². The number of thioether (sulfide) groups is 1. The minimum absolute atomic E-state index is 0.0912. The maximum Gasteiger partial charge on any atom is 0.230 e. The molecule has 0 unspecified atom stereocenters. The van der Waals surface area contributed by atoms with Crippen LogP contribution in [0.3, 0.4) is 0 Å². The fourth-order valence-corrected chi connectivity index (χ4v) is 4.13. The van der Waals surface area contributed by atoms with E-state index in [1.54, 1.807) is 11.8 Å². The van der Waals surface area contributed by atoms with Gasteiger partial charge < -0.3 is 10.1 Å². The topological polar surface area (TPSA) is 41.6 Å². The molecule has 1 amide bonds. The van der Waals surface area contributed by atoms with Gasteiger partial charge >= 0.3 is 0 Å². The molecular weight excluding hydrogens is 368 g/mol. The van der Waals surface area contributed by atoms with Crippen molar-refractivity contribution in [2.45, 2.75) is 31.6 Å². The Kier molecular flexibility index (Phi) is 8.72. The number of hydrogen-bond donors (Lipinski definition) is 1. The van der Waals surface area contributed by atoms with E-state index in [1.165, 1.54) is 37.1 Å². The summed E-state index contributed by atoms with van der Waals surface area (Å²) < 4.78 is 5.86. The monoisotopic (exact) mass is 398 g/mol. The zero-order valence-electron chi connectivity index (χ0n) is 16.4. The van der Waals surface area contributed by atoms with E-state index in [4.69, 9.17) is 4.74 Å². The molecule has 28 heavy (non-hydrogen) atoms. The molecule has 5 heteroatoms. The molecule has 0 saturated carbocycles. The molecule has 2 aromatic rings. The Morgan fingerprint density at radius 3 is 2.64 bits per heavy atom. The number of likely N-dealkylation sites (tertiary alicyclic amines) is 1. The second kappa shape index (κ2) is 11.8. The Morgan fingerprint density at radius 2 is 1.82 bits per heavy atom. The van der Waals surface area contributed by atoms with Crippen LogP contribution in [0.5, 0.6) is 5.75 Å². The Balaban J connectivity index is 1.25. The van der Waals surface area contributed by atoms with Crippen molar-refractivity contribution in [3.8, 4) is 5.75 Å². The van der Waals surface area contributed by atoms with Crippen LogP contribution in [0.25, 0.3) is 0 Å². The minimum atomic E-state index is 0.0912. The third-order valence-electron chi connectivity index (χ3n) is 4.76. The van der Waals surface area contributed by atoms with Gasteiger partial charge in [0.2, 0.25) is 5.91 Å². The van der Waals surface area contributed by atoms with Gasteiger partial charge in [-0.25, -0.2) is 0 Å². The number of nitrogens with one attached hydrogen (secondary N) is 1. The first-order valence-electron chi connectivity index (χ1n) is 10.1. The number of carbonyl (C=O) groups excluding carboxylic acids is 1. The standard InChI is InChI=1S/C23H30N2O2S/c26-23(19-28-18-20-8-2-1-3-9-20)24-12-7-15-27-22-11-6-10-21(16-22)17-25-13-4-5-14-25/h1-3,6,8-11,16H,4-5,7,12-15,17-19H2,(H,24,26). The lowest BCUT2D eigenvalue weighted by molar-refractivity contribution is -0.118. The molecule has 1 heterocycles. The van der Waals surface area contributed by atoms with Crippen LogP contribution in [0, 0.1) is 0 Å². The van der Waals surface area contributed by atoms with Crippen LogP contribution in [-0.4, -0.2) is 42.8 Å². The number of rotatable bonds is 11. The third kappa shape index (κ3) is 7.56. The minimum Gasteiger partial charge on any atom is -0.494 e. The summed E-state index contributed by atoms with van der Waals surface area (Å²) in [7, 11) is 0. The summed E-state index contributed by atoms with van der Waals surface area (Å²) in [4.78, 5) is 14.4. The van der Waals surface area contributed by atoms with E-state index < -0.39 is 0 Å². The number of ether oxygens (including phenoxy) is 1. The predicted molar refractivity (Wildman–Crippen MR) is 117 cm³/mol. The van der Waals surface area contributed by atoms with E-state index in [-0.39, 0.29) is 5.91 Å². The largest absolute Gasteiger partial charge is 0.494 e. The van der Waals surface area contributed by atoms with Gasteiger partial charge in [0.25, 0.3) is 0 Å². The molecule has 0 atom stereocenters. The first kappa shape index (κ1) is 20.7. The molecule has 1 saturated heterocycles. The number of nitrogens with zero attached hydrogens (tertiary/aromatic N) is 1. The van der Waals surface area contributed by atoms with Crippen molar-refractivity contribution in [2.75, 3.05) is 32.0 Å². The van der Waals surface area contributed by atoms with Gasteiger partial charge in [0.1, 0.15) is 5.75 Å². The molecule has 0 radical (unpaired) electrons. The Hall–Kier alpha value is -1.98. The molecular formula is C23H30N2O2S. The van der Waals surface area contributed by atoms with Gasteiger partial charge in [-0.05, 0) is 55.6 Å². The lowest BCUT2D eigenvalue weighted by Gasteiger charge is -2.15. The van der Waals surface area contributed by atoms with Gasteiger partial charge in [-0.15, -0.1) is 11.8 Å². The zero-order valence-corrected chi connectivity index (χ0v) is 17.3. The predicted octanol–water partition coefficient (Wildman–Crippen LogP) is 4.10. The summed E-state index contributed by atoms with van der Waals surface area (Å²) in [6, 6.07) is 18.6. The van der Waals surface area contributed by atoms with E-state index in [0.29, 0.717) is 18.9 Å². The molecule has 0 spiro atoms. The van der Waals surface area contributed by atoms with Crippen LogP contribution in [-0.2, 0) is 17.1 Å². The van der Waals surface area contributed by atoms with Crippen LogP contribution in [0.2, 0.25) is 0 Å². The average molecular weight is 399 g/mol. The number of hydrogen-bond acceptors (Lipinski definition) is 4. The van der Waals surface area contributed by atoms with Crippen molar-refractivity contribution in [2.24, 2.45) is 0 Å². The van der Waals surface area contributed by atoms with Gasteiger partial charge in [0.15, 0.2) is 0 Å². The Labute approximate surface area is 172 Å². The molecule has 4 nitrogen and oxygen atoms in total. The lowest BCUT2D eigenvalue weighted by Crippen LogP contribution is -2.27. The van der Waals surface area contributed by atoms with Crippen molar-refractivity contribution in [1.82, 2.24) is 10.2 Å². The lowest BCUT2D eigenvalue weighted by atomic mass is 10.2. The molecule has 2 aromatic carbocycles. The second-order valence-electron chi connectivity index (χ2n) is 7.16. The fourth-order valence-electron chi connectivity index (χ4n) is 3.31. The summed E-state index contributed by atoms with van der Waals surface area (Å²) in [6.45, 7) is 4.68. The summed E-state index contributed by atoms with van der Waals surface area (Å²) >= 11 is 1.64. The van der Waals surface area contributed by atoms with E-state index in [2.05, 4.69) is 40.5 Å². The molecule has 150 valence electrons. The van der Waals surface area contributed by atoms with E-state index in [0.717, 1.165) is 24.5 Å². The fraction of sp³-hybridized carbons (Fsp3) is 0.435. The molecule has 0 bridgehead atoms. The average Bonchev–Trinajstić information content (AvgIpc) is 3.22. The Morgan fingerprint density at radius 1 is 1.04 bits per heavy atom. The molecule has 1 aliphatic heterocycles. The van der Waals surface area contributed by atoms with Crippen LogP contribution in [0.4, 0.5) is 0 Å². The van der Waals surface area contributed by atoms with Crippen molar-refractivity contribution in [3.05, 3.63) is 65.7 Å². The second-order valence-corrected chi connectivity index (χ2v) is 8.15. The highest BCUT2D eigenvalue weighted by molar-refractivity contribution is 7.99. The number of benzene rings is 2. The zero-order chi connectivity index (χ0) is 19.4. The molecule has 0 aliphatic carbocycles. The van der Waals surface area contributed by atoms with Gasteiger partial charge in [0.05, 0.1) is 12.4 Å². The van der Waals surface area contributed by atoms with Crippen LogP contribution >= 0.6 is 11.8 Å². The molecule has 1 aliphatic rings. The van der Waals surface area contributed by atoms with Crippen molar-refractivity contribution >= 4 is 17.7 Å². The molecule has 1 N–H and O–H groups in total. The van der Waals surface area contributed by atoms with E-state index >= 15 is 0 Å². The quantitative estimate of drug-likeness (QED) is 0.579. The number of carbonyl (C=O) groups is 1. The van der Waals surface area contributed by atoms with Crippen molar-refractivity contribution < 1.29 is 9.53 Å². The van der Waals surface area contributed by atoms with E-state index in [9.17, 15) is 4.79 Å². The van der Waals surface area contributed by atoms with Crippen LogP contribution < -0.4 is 10.1 Å². The maximum absolute atomic E-state index is 11.9. The maximum atomic E-state index is 11.9. The van der Waals surface area contributed by atoms with E-state index in [1.807, 2.05) is 24.3 Å². The van der Waals surface area contributed by atoms with Gasteiger partial charge in [-0.2, -0.15) is 0 Å². The first-order chi connectivity index (χ1) is 13.8. The highest BCUT2D eigenvalue weighted by Gasteiger charge is 2.11. The summed E-state index contributed by atoms with van der Waals surface area (Å²) in [5.41, 5.74) is 2.56.